The third-order valence-electron chi connectivity index (χ3n) is 5.22. The van der Waals surface area contributed by atoms with Gasteiger partial charge in [-0.3, -0.25) is 4.84 Å². The van der Waals surface area contributed by atoms with E-state index in [4.69, 9.17) is 47.6 Å². The molecule has 0 amide bonds. The highest BCUT2D eigenvalue weighted by molar-refractivity contribution is 5.41. The van der Waals surface area contributed by atoms with Gasteiger partial charge in [-0.1, -0.05) is 0 Å². The van der Waals surface area contributed by atoms with E-state index in [9.17, 15) is 0 Å². The first-order valence-corrected chi connectivity index (χ1v) is 8.26. The van der Waals surface area contributed by atoms with Crippen LogP contribution in [0.5, 0.6) is 0 Å². The molecule has 28 heavy (non-hydrogen) atoms. The molecule has 2 aliphatic rings. The Morgan fingerprint density at radius 2 is 1.29 bits per heavy atom. The van der Waals surface area contributed by atoms with E-state index < -0.39 is 23.1 Å². The molecule has 0 aromatic carbocycles. The average molecular weight is 407 g/mol. The Bertz CT molecular complexity index is 609. The Morgan fingerprint density at radius 1 is 0.714 bits per heavy atom. The van der Waals surface area contributed by atoms with Crippen LogP contribution >= 0.6 is 0 Å². The van der Waals surface area contributed by atoms with E-state index in [-0.39, 0.29) is 11.5 Å². The van der Waals surface area contributed by atoms with Crippen LogP contribution in [0.3, 0.4) is 0 Å². The predicted molar refractivity (Wildman–Crippen MR) is 93.1 cm³/mol. The Labute approximate surface area is 164 Å². The van der Waals surface area contributed by atoms with Crippen molar-refractivity contribution in [2.45, 2.75) is 23.1 Å². The van der Waals surface area contributed by atoms with Crippen LogP contribution in [0.15, 0.2) is 23.7 Å². The summed E-state index contributed by atoms with van der Waals surface area (Å²) in [6.45, 7) is 0. The van der Waals surface area contributed by atoms with E-state index in [2.05, 4.69) is 0 Å². The zero-order valence-electron chi connectivity index (χ0n) is 17.7. The average Bonchev–Trinajstić information content (AvgIpc) is 2.76. The summed E-state index contributed by atoms with van der Waals surface area (Å²) in [5.41, 5.74) is -1.78. The fraction of sp³-hybridized carbons (Fsp3) is 0.765. The zero-order valence-corrected chi connectivity index (χ0v) is 17.7. The summed E-state index contributed by atoms with van der Waals surface area (Å²) in [7, 11) is 12.6. The lowest BCUT2D eigenvalue weighted by Gasteiger charge is -2.63. The molecule has 0 spiro atoms. The van der Waals surface area contributed by atoms with E-state index in [1.54, 1.807) is 12.2 Å². The van der Waals surface area contributed by atoms with Crippen molar-refractivity contribution in [1.82, 2.24) is 5.23 Å². The maximum absolute atomic E-state index is 6.01. The highest BCUT2D eigenvalue weighted by Crippen LogP contribution is 2.60. The molecular weight excluding hydrogens is 378 g/mol. The van der Waals surface area contributed by atoms with Crippen molar-refractivity contribution in [1.29, 1.82) is 0 Å². The molecule has 0 aromatic rings. The van der Waals surface area contributed by atoms with Gasteiger partial charge in [0, 0.05) is 55.0 Å². The van der Waals surface area contributed by atoms with Crippen LogP contribution in [-0.4, -0.2) is 92.3 Å². The molecule has 0 bridgehead atoms. The van der Waals surface area contributed by atoms with Crippen LogP contribution in [-0.2, 0) is 47.6 Å². The quantitative estimate of drug-likeness (QED) is 0.501. The third-order valence-corrected chi connectivity index (χ3v) is 5.22. The molecule has 0 N–H and O–H groups in total. The fourth-order valence-corrected chi connectivity index (χ4v) is 4.11. The van der Waals surface area contributed by atoms with Gasteiger partial charge < -0.3 is 42.7 Å². The van der Waals surface area contributed by atoms with Crippen LogP contribution < -0.4 is 0 Å². The van der Waals surface area contributed by atoms with E-state index in [1.807, 2.05) is 0 Å². The second-order valence-corrected chi connectivity index (χ2v) is 5.72. The number of allylic oxidation sites excluding steroid dienone is 2. The number of methoxy groups -OCH3 is 8. The van der Waals surface area contributed by atoms with Crippen molar-refractivity contribution >= 4 is 0 Å². The van der Waals surface area contributed by atoms with Crippen LogP contribution in [0.4, 0.5) is 0 Å². The number of hydrogen-bond acceptors (Lipinski definition) is 11. The predicted octanol–water partition coefficient (Wildman–Crippen LogP) is 0.533. The van der Waals surface area contributed by atoms with Crippen LogP contribution in [0, 0.1) is 0 Å². The van der Waals surface area contributed by atoms with Crippen LogP contribution in [0.1, 0.15) is 0 Å². The molecule has 1 unspecified atom stereocenters. The van der Waals surface area contributed by atoms with Gasteiger partial charge in [-0.2, -0.15) is 0 Å². The van der Waals surface area contributed by atoms with Crippen molar-refractivity contribution in [2.75, 3.05) is 64.0 Å². The Balaban J connectivity index is 3.01. The van der Waals surface area contributed by atoms with Gasteiger partial charge in [-0.25, -0.2) is 0 Å². The molecule has 0 saturated carbocycles. The summed E-state index contributed by atoms with van der Waals surface area (Å²) in [5, 5.41) is 0.949. The lowest BCUT2D eigenvalue weighted by Crippen LogP contribution is -2.86. The first kappa shape index (κ1) is 23.0. The SMILES string of the molecule is COC1=CC=C2ON(OC)C(OC)(OC)C(OC)(OC)C2(OC)C1(OC)OC. The molecule has 1 fully saturated rings. The van der Waals surface area contributed by atoms with Crippen LogP contribution in [0.25, 0.3) is 0 Å². The van der Waals surface area contributed by atoms with E-state index >= 15 is 0 Å². The number of fused-ring (bicyclic) bond motifs is 1. The van der Waals surface area contributed by atoms with Gasteiger partial charge in [0.15, 0.2) is 11.5 Å². The highest BCUT2D eigenvalue weighted by Gasteiger charge is 2.86. The molecule has 11 heteroatoms. The van der Waals surface area contributed by atoms with E-state index in [0.717, 1.165) is 5.23 Å². The number of rotatable bonds is 9. The number of nitrogens with zero attached hydrogens (tertiary/aromatic N) is 1. The second kappa shape index (κ2) is 8.22. The minimum absolute atomic E-state index is 0.162. The van der Waals surface area contributed by atoms with Crippen LogP contribution in [0.2, 0.25) is 0 Å². The Kier molecular flexibility index (Phi) is 6.76. The Morgan fingerprint density at radius 3 is 1.64 bits per heavy atom. The molecule has 1 aliphatic heterocycles. The Hall–Kier alpha value is -1.28. The third kappa shape index (κ3) is 2.30. The molecule has 11 nitrogen and oxygen atoms in total. The molecule has 1 aliphatic carbocycles. The number of hydroxylamine groups is 2. The van der Waals surface area contributed by atoms with Crippen molar-refractivity contribution in [3.05, 3.63) is 23.7 Å². The summed E-state index contributed by atoms with van der Waals surface area (Å²) in [5.74, 6) is -5.17. The van der Waals surface area contributed by atoms with E-state index in [0.29, 0.717) is 0 Å². The smallest absolute Gasteiger partial charge is 0.347 e. The van der Waals surface area contributed by atoms with Gasteiger partial charge >= 0.3 is 5.91 Å². The maximum Gasteiger partial charge on any atom is 0.347 e. The lowest BCUT2D eigenvalue weighted by atomic mass is 9.74. The molecule has 2 rings (SSSR count). The molecule has 1 heterocycles. The molecule has 1 atom stereocenters. The summed E-state index contributed by atoms with van der Waals surface area (Å²) in [6, 6.07) is 0. The maximum atomic E-state index is 6.01. The largest absolute Gasteiger partial charge is 0.495 e. The van der Waals surface area contributed by atoms with E-state index in [1.165, 1.54) is 64.0 Å². The standard InChI is InChI=1S/C17H29NO10/c1-19-13-11-10-12-14(20-2,15(13,21-3)22-4)16(23-5,24-6)17(25-7,26-8)18(27-9)28-12/h10-11H,1-9H3. The lowest BCUT2D eigenvalue weighted by molar-refractivity contribution is -0.607. The van der Waals surface area contributed by atoms with Gasteiger partial charge in [-0.15, -0.1) is 0 Å². The van der Waals surface area contributed by atoms with Crippen molar-refractivity contribution in [2.24, 2.45) is 0 Å². The minimum atomic E-state index is -1.93. The molecule has 162 valence electrons. The zero-order chi connectivity index (χ0) is 21.2. The van der Waals surface area contributed by atoms with Crippen molar-refractivity contribution in [3.8, 4) is 0 Å². The molecule has 0 aromatic heterocycles. The van der Waals surface area contributed by atoms with Gasteiger partial charge in [0.2, 0.25) is 0 Å². The highest BCUT2D eigenvalue weighted by atomic mass is 17.0. The van der Waals surface area contributed by atoms with Crippen molar-refractivity contribution < 1.29 is 47.6 Å². The molecule has 1 saturated heterocycles. The summed E-state index contributed by atoms with van der Waals surface area (Å²) in [6.07, 6.45) is 3.20. The number of ether oxygens (including phenoxy) is 8. The summed E-state index contributed by atoms with van der Waals surface area (Å²) < 4.78 is 46.3. The number of hydrogen-bond donors (Lipinski definition) is 0. The minimum Gasteiger partial charge on any atom is -0.495 e. The molecule has 0 radical (unpaired) electrons. The normalized spacial score (nSPS) is 28.0. The first-order valence-electron chi connectivity index (χ1n) is 8.26. The monoisotopic (exact) mass is 407 g/mol. The van der Waals surface area contributed by atoms with Crippen molar-refractivity contribution in [3.63, 3.8) is 0 Å². The topological polar surface area (TPSA) is 95.5 Å². The van der Waals surface area contributed by atoms with Gasteiger partial charge in [0.1, 0.15) is 0 Å². The van der Waals surface area contributed by atoms with Gasteiger partial charge in [0.05, 0.1) is 14.2 Å². The first-order chi connectivity index (χ1) is 13.4. The fourth-order valence-electron chi connectivity index (χ4n) is 4.11. The van der Waals surface area contributed by atoms with Gasteiger partial charge in [0.25, 0.3) is 17.2 Å². The summed E-state index contributed by atoms with van der Waals surface area (Å²) >= 11 is 0. The van der Waals surface area contributed by atoms with Gasteiger partial charge in [-0.05, 0) is 12.2 Å². The molecular formula is C17H29NO10. The second-order valence-electron chi connectivity index (χ2n) is 5.72. The summed E-state index contributed by atoms with van der Waals surface area (Å²) in [4.78, 5) is 11.3.